The van der Waals surface area contributed by atoms with Crippen LogP contribution >= 0.6 is 0 Å². The van der Waals surface area contributed by atoms with Crippen molar-refractivity contribution < 1.29 is 4.74 Å². The predicted molar refractivity (Wildman–Crippen MR) is 99.5 cm³/mol. The third-order valence-electron chi connectivity index (χ3n) is 5.22. The molecule has 0 N–H and O–H groups in total. The number of rotatable bonds is 6. The quantitative estimate of drug-likeness (QED) is 0.669. The lowest BCUT2D eigenvalue weighted by atomic mass is 10.3. The highest BCUT2D eigenvalue weighted by atomic mass is 16.5. The number of hydrogen-bond acceptors (Lipinski definition) is 6. The number of nitrogens with zero attached hydrogens (tertiary/aromatic N) is 6. The molecule has 0 spiro atoms. The number of aryl methyl sites for hydroxylation is 1. The van der Waals surface area contributed by atoms with Crippen LogP contribution < -0.4 is 11.2 Å². The lowest BCUT2D eigenvalue weighted by molar-refractivity contribution is 0.127. The Morgan fingerprint density at radius 2 is 1.69 bits per heavy atom. The van der Waals surface area contributed by atoms with Crippen LogP contribution in [0.15, 0.2) is 9.59 Å². The predicted octanol–water partition coefficient (Wildman–Crippen LogP) is -0.782. The summed E-state index contributed by atoms with van der Waals surface area (Å²) in [5.41, 5.74) is 0.237. The lowest BCUT2D eigenvalue weighted by Crippen LogP contribution is -2.45. The molecule has 0 atom stereocenters. The second kappa shape index (κ2) is 7.73. The molecule has 3 rings (SSSR count). The molecule has 9 nitrogen and oxygen atoms in total. The zero-order chi connectivity index (χ0) is 18.8. The van der Waals surface area contributed by atoms with Gasteiger partial charge in [-0.05, 0) is 6.54 Å². The Balaban J connectivity index is 2.01. The standard InChI is InChI=1S/C17H28N6O3/c1-5-21-6-8-22(9-7-21)12-13-18-15-14(23(13)10-11-26-4)16(24)20(3)17(25)19(15)2/h5-12H2,1-4H3. The maximum atomic E-state index is 12.7. The van der Waals surface area contributed by atoms with Crippen LogP contribution in [0.1, 0.15) is 12.7 Å². The average Bonchev–Trinajstić information content (AvgIpc) is 3.01. The van der Waals surface area contributed by atoms with E-state index >= 15 is 0 Å². The topological polar surface area (TPSA) is 77.5 Å². The molecule has 0 unspecified atom stereocenters. The van der Waals surface area contributed by atoms with E-state index in [1.165, 1.54) is 11.6 Å². The number of methoxy groups -OCH3 is 1. The van der Waals surface area contributed by atoms with Crippen molar-refractivity contribution in [2.45, 2.75) is 20.0 Å². The zero-order valence-corrected chi connectivity index (χ0v) is 16.1. The molecule has 9 heteroatoms. The van der Waals surface area contributed by atoms with E-state index in [0.29, 0.717) is 30.9 Å². The van der Waals surface area contributed by atoms with Gasteiger partial charge in [0.05, 0.1) is 13.2 Å². The molecule has 1 aliphatic heterocycles. The third kappa shape index (κ3) is 3.34. The van der Waals surface area contributed by atoms with Gasteiger partial charge in [0, 0.05) is 53.9 Å². The lowest BCUT2D eigenvalue weighted by Gasteiger charge is -2.33. The van der Waals surface area contributed by atoms with Crippen molar-refractivity contribution >= 4 is 11.2 Å². The van der Waals surface area contributed by atoms with Gasteiger partial charge in [0.25, 0.3) is 5.56 Å². The van der Waals surface area contributed by atoms with Crippen LogP contribution in [0.5, 0.6) is 0 Å². The molecule has 2 aromatic rings. The molecule has 0 bridgehead atoms. The highest BCUT2D eigenvalue weighted by Crippen LogP contribution is 2.14. The van der Waals surface area contributed by atoms with E-state index < -0.39 is 0 Å². The fourth-order valence-corrected chi connectivity index (χ4v) is 3.50. The minimum absolute atomic E-state index is 0.311. The Morgan fingerprint density at radius 1 is 1.04 bits per heavy atom. The summed E-state index contributed by atoms with van der Waals surface area (Å²) < 4.78 is 9.70. The van der Waals surface area contributed by atoms with Crippen molar-refractivity contribution in [1.82, 2.24) is 28.5 Å². The largest absolute Gasteiger partial charge is 0.383 e. The van der Waals surface area contributed by atoms with Crippen molar-refractivity contribution in [2.24, 2.45) is 14.1 Å². The van der Waals surface area contributed by atoms with Crippen LogP contribution in [0.4, 0.5) is 0 Å². The van der Waals surface area contributed by atoms with Gasteiger partial charge in [-0.1, -0.05) is 6.92 Å². The maximum absolute atomic E-state index is 12.7. The van der Waals surface area contributed by atoms with Crippen LogP contribution in [0, 0.1) is 0 Å². The van der Waals surface area contributed by atoms with Gasteiger partial charge in [-0.25, -0.2) is 9.78 Å². The van der Waals surface area contributed by atoms with Crippen molar-refractivity contribution in [1.29, 1.82) is 0 Å². The van der Waals surface area contributed by atoms with E-state index in [1.54, 1.807) is 14.2 Å². The number of piperazine rings is 1. The highest BCUT2D eigenvalue weighted by molar-refractivity contribution is 5.71. The van der Waals surface area contributed by atoms with Gasteiger partial charge in [-0.3, -0.25) is 18.8 Å². The first-order valence-corrected chi connectivity index (χ1v) is 9.06. The van der Waals surface area contributed by atoms with Gasteiger partial charge in [0.1, 0.15) is 5.82 Å². The van der Waals surface area contributed by atoms with E-state index in [1.807, 2.05) is 4.57 Å². The molecule has 26 heavy (non-hydrogen) atoms. The van der Waals surface area contributed by atoms with E-state index in [9.17, 15) is 9.59 Å². The first kappa shape index (κ1) is 18.8. The number of imidazole rings is 1. The van der Waals surface area contributed by atoms with Crippen LogP contribution in [0.25, 0.3) is 11.2 Å². The smallest absolute Gasteiger partial charge is 0.332 e. The second-order valence-corrected chi connectivity index (χ2v) is 6.76. The van der Waals surface area contributed by atoms with Gasteiger partial charge in [-0.2, -0.15) is 0 Å². The molecular formula is C17H28N6O3. The number of ether oxygens (including phenoxy) is 1. The maximum Gasteiger partial charge on any atom is 0.332 e. The molecule has 1 saturated heterocycles. The molecule has 0 aliphatic carbocycles. The molecule has 1 fully saturated rings. The van der Waals surface area contributed by atoms with Gasteiger partial charge >= 0.3 is 5.69 Å². The van der Waals surface area contributed by atoms with E-state index in [0.717, 1.165) is 43.1 Å². The summed E-state index contributed by atoms with van der Waals surface area (Å²) in [6, 6.07) is 0. The van der Waals surface area contributed by atoms with Crippen molar-refractivity contribution in [3.05, 3.63) is 26.7 Å². The number of aromatic nitrogens is 4. The van der Waals surface area contributed by atoms with E-state index in [2.05, 4.69) is 21.7 Å². The zero-order valence-electron chi connectivity index (χ0n) is 16.1. The van der Waals surface area contributed by atoms with Crippen LogP contribution in [-0.4, -0.2) is 74.9 Å². The fourth-order valence-electron chi connectivity index (χ4n) is 3.50. The van der Waals surface area contributed by atoms with Gasteiger partial charge in [0.2, 0.25) is 0 Å². The summed E-state index contributed by atoms with van der Waals surface area (Å²) in [5.74, 6) is 0.806. The Bertz CT molecular complexity index is 889. The molecular weight excluding hydrogens is 336 g/mol. The third-order valence-corrected chi connectivity index (χ3v) is 5.22. The van der Waals surface area contributed by atoms with E-state index in [4.69, 9.17) is 4.74 Å². The van der Waals surface area contributed by atoms with E-state index in [-0.39, 0.29) is 11.2 Å². The summed E-state index contributed by atoms with van der Waals surface area (Å²) in [5, 5.41) is 0. The fraction of sp³-hybridized carbons (Fsp3) is 0.706. The molecule has 2 aromatic heterocycles. The molecule has 3 heterocycles. The Labute approximate surface area is 152 Å². The van der Waals surface area contributed by atoms with Gasteiger partial charge < -0.3 is 14.2 Å². The molecule has 0 amide bonds. The van der Waals surface area contributed by atoms with Crippen molar-refractivity contribution in [2.75, 3.05) is 46.4 Å². The van der Waals surface area contributed by atoms with Gasteiger partial charge in [-0.15, -0.1) is 0 Å². The SMILES string of the molecule is CCN1CCN(Cc2nc3c(c(=O)n(C)c(=O)n3C)n2CCOC)CC1. The normalized spacial score (nSPS) is 16.6. The number of likely N-dealkylation sites (N-methyl/N-ethyl adjacent to an activating group) is 1. The summed E-state index contributed by atoms with van der Waals surface area (Å²) >= 11 is 0. The first-order chi connectivity index (χ1) is 12.5. The summed E-state index contributed by atoms with van der Waals surface area (Å²) in [4.78, 5) is 34.4. The Kier molecular flexibility index (Phi) is 5.59. The van der Waals surface area contributed by atoms with Crippen LogP contribution in [-0.2, 0) is 31.9 Å². The molecule has 144 valence electrons. The Morgan fingerprint density at radius 3 is 2.31 bits per heavy atom. The first-order valence-electron chi connectivity index (χ1n) is 9.06. The molecule has 0 saturated carbocycles. The minimum atomic E-state index is -0.359. The number of fused-ring (bicyclic) bond motifs is 1. The minimum Gasteiger partial charge on any atom is -0.383 e. The number of hydrogen-bond donors (Lipinski definition) is 0. The second-order valence-electron chi connectivity index (χ2n) is 6.76. The molecule has 1 aliphatic rings. The Hall–Kier alpha value is -1.97. The summed E-state index contributed by atoms with van der Waals surface area (Å²) in [7, 11) is 4.79. The van der Waals surface area contributed by atoms with Crippen molar-refractivity contribution in [3.8, 4) is 0 Å². The summed E-state index contributed by atoms with van der Waals surface area (Å²) in [6.45, 7) is 8.93. The van der Waals surface area contributed by atoms with Crippen LogP contribution in [0.2, 0.25) is 0 Å². The van der Waals surface area contributed by atoms with Crippen LogP contribution in [0.3, 0.4) is 0 Å². The average molecular weight is 364 g/mol. The van der Waals surface area contributed by atoms with Gasteiger partial charge in [0.15, 0.2) is 11.2 Å². The highest BCUT2D eigenvalue weighted by Gasteiger charge is 2.22. The molecule has 0 aromatic carbocycles. The molecule has 0 radical (unpaired) electrons. The van der Waals surface area contributed by atoms with Crippen molar-refractivity contribution in [3.63, 3.8) is 0 Å². The summed E-state index contributed by atoms with van der Waals surface area (Å²) in [6.07, 6.45) is 0. The monoisotopic (exact) mass is 364 g/mol.